The number of hydrogen-bond donors (Lipinski definition) is 0. The largest absolute Gasteiger partial charge is 0.453 e. The molecule has 1 aliphatic carbocycles. The van der Waals surface area contributed by atoms with Crippen molar-refractivity contribution in [2.75, 3.05) is 0 Å². The molecule has 1 atom stereocenters. The summed E-state index contributed by atoms with van der Waals surface area (Å²) in [5, 5.41) is 2.50. The minimum absolute atomic E-state index is 0.0863. The predicted octanol–water partition coefficient (Wildman–Crippen LogP) is 7.37. The van der Waals surface area contributed by atoms with E-state index in [0.29, 0.717) is 6.42 Å². The lowest BCUT2D eigenvalue weighted by molar-refractivity contribution is -0.147. The van der Waals surface area contributed by atoms with Gasteiger partial charge >= 0.3 is 5.97 Å². The second kappa shape index (κ2) is 9.73. The van der Waals surface area contributed by atoms with E-state index < -0.39 is 0 Å². The quantitative estimate of drug-likeness (QED) is 0.325. The Balaban J connectivity index is 1.84. The molecule has 0 N–H and O–H groups in total. The smallest absolute Gasteiger partial charge is 0.306 e. The second-order valence-corrected chi connectivity index (χ2v) is 7.62. The molecule has 0 bridgehead atoms. The standard InChI is InChI=1S/C25H32O2/c1-3-5-7-8-9-12-20-18-23(27-24(26)17-6-4-2)22-16-11-14-19-13-10-15-21(20)25(19)22/h10-11,13-16,18,23H,3-9,12,17H2,1-2H3. The molecular formula is C25H32O2. The molecule has 3 rings (SSSR count). The third kappa shape index (κ3) is 4.80. The molecule has 2 nitrogen and oxygen atoms in total. The van der Waals surface area contributed by atoms with E-state index in [4.69, 9.17) is 4.74 Å². The van der Waals surface area contributed by atoms with Crippen LogP contribution in [0, 0.1) is 0 Å². The molecule has 0 spiro atoms. The van der Waals surface area contributed by atoms with Crippen molar-refractivity contribution in [1.82, 2.24) is 0 Å². The normalized spacial score (nSPS) is 15.6. The summed E-state index contributed by atoms with van der Waals surface area (Å²) in [4.78, 5) is 12.3. The Morgan fingerprint density at radius 2 is 1.67 bits per heavy atom. The Morgan fingerprint density at radius 1 is 0.926 bits per heavy atom. The van der Waals surface area contributed by atoms with Crippen LogP contribution < -0.4 is 0 Å². The number of hydrogen-bond acceptors (Lipinski definition) is 2. The highest BCUT2D eigenvalue weighted by Crippen LogP contribution is 2.41. The fourth-order valence-corrected chi connectivity index (χ4v) is 3.99. The Kier molecular flexibility index (Phi) is 7.09. The summed E-state index contributed by atoms with van der Waals surface area (Å²) in [6.45, 7) is 4.35. The molecule has 1 aliphatic rings. The van der Waals surface area contributed by atoms with Gasteiger partial charge in [0.05, 0.1) is 0 Å². The summed E-state index contributed by atoms with van der Waals surface area (Å²) in [7, 11) is 0. The third-order valence-corrected chi connectivity index (χ3v) is 5.48. The predicted molar refractivity (Wildman–Crippen MR) is 114 cm³/mol. The Labute approximate surface area is 163 Å². The molecular weight excluding hydrogens is 332 g/mol. The van der Waals surface area contributed by atoms with E-state index in [2.05, 4.69) is 56.3 Å². The van der Waals surface area contributed by atoms with Gasteiger partial charge in [0.2, 0.25) is 0 Å². The number of benzene rings is 2. The maximum atomic E-state index is 12.3. The van der Waals surface area contributed by atoms with Gasteiger partial charge in [-0.05, 0) is 47.2 Å². The lowest BCUT2D eigenvalue weighted by Crippen LogP contribution is -2.13. The zero-order valence-electron chi connectivity index (χ0n) is 16.8. The first-order valence-corrected chi connectivity index (χ1v) is 10.7. The van der Waals surface area contributed by atoms with Gasteiger partial charge in [0.1, 0.15) is 6.10 Å². The molecule has 0 fully saturated rings. The van der Waals surface area contributed by atoms with Gasteiger partial charge in [0.15, 0.2) is 0 Å². The van der Waals surface area contributed by atoms with Crippen LogP contribution in [-0.2, 0) is 9.53 Å². The summed E-state index contributed by atoms with van der Waals surface area (Å²) in [6, 6.07) is 12.8. The fourth-order valence-electron chi connectivity index (χ4n) is 3.99. The van der Waals surface area contributed by atoms with Crippen molar-refractivity contribution in [3.05, 3.63) is 53.6 Å². The topological polar surface area (TPSA) is 26.3 Å². The summed E-state index contributed by atoms with van der Waals surface area (Å²) >= 11 is 0. The number of ether oxygens (including phenoxy) is 1. The monoisotopic (exact) mass is 364 g/mol. The SMILES string of the molecule is CCCCCCCC1=CC(OC(=O)CCCC)c2cccc3cccc1c23. The van der Waals surface area contributed by atoms with E-state index in [9.17, 15) is 4.79 Å². The molecule has 0 saturated heterocycles. The van der Waals surface area contributed by atoms with Crippen LogP contribution in [0.25, 0.3) is 16.3 Å². The second-order valence-electron chi connectivity index (χ2n) is 7.62. The highest BCUT2D eigenvalue weighted by molar-refractivity contribution is 5.98. The molecule has 2 heteroatoms. The first-order chi connectivity index (χ1) is 13.2. The van der Waals surface area contributed by atoms with Gasteiger partial charge in [-0.2, -0.15) is 0 Å². The number of allylic oxidation sites excluding steroid dienone is 1. The number of rotatable bonds is 10. The molecule has 27 heavy (non-hydrogen) atoms. The third-order valence-electron chi connectivity index (χ3n) is 5.48. The molecule has 2 aromatic carbocycles. The van der Waals surface area contributed by atoms with Crippen molar-refractivity contribution in [2.24, 2.45) is 0 Å². The van der Waals surface area contributed by atoms with Crippen LogP contribution in [0.3, 0.4) is 0 Å². The summed E-state index contributed by atoms with van der Waals surface area (Å²) < 4.78 is 5.90. The van der Waals surface area contributed by atoms with Crippen LogP contribution in [0.1, 0.15) is 88.9 Å². The van der Waals surface area contributed by atoms with Crippen molar-refractivity contribution in [1.29, 1.82) is 0 Å². The van der Waals surface area contributed by atoms with Crippen LogP contribution in [0.2, 0.25) is 0 Å². The van der Waals surface area contributed by atoms with Crippen molar-refractivity contribution < 1.29 is 9.53 Å². The minimum atomic E-state index is -0.251. The molecule has 0 amide bonds. The van der Waals surface area contributed by atoms with E-state index in [1.165, 1.54) is 54.0 Å². The van der Waals surface area contributed by atoms with E-state index in [1.54, 1.807) is 0 Å². The van der Waals surface area contributed by atoms with Crippen LogP contribution in [-0.4, -0.2) is 5.97 Å². The first-order valence-electron chi connectivity index (χ1n) is 10.7. The van der Waals surface area contributed by atoms with Crippen LogP contribution in [0.4, 0.5) is 0 Å². The number of esters is 1. The van der Waals surface area contributed by atoms with E-state index in [0.717, 1.165) is 24.8 Å². The zero-order chi connectivity index (χ0) is 19.1. The van der Waals surface area contributed by atoms with E-state index >= 15 is 0 Å². The molecule has 0 saturated carbocycles. The molecule has 144 valence electrons. The van der Waals surface area contributed by atoms with Crippen molar-refractivity contribution >= 4 is 22.3 Å². The zero-order valence-corrected chi connectivity index (χ0v) is 16.8. The van der Waals surface area contributed by atoms with E-state index in [-0.39, 0.29) is 12.1 Å². The van der Waals surface area contributed by atoms with Crippen molar-refractivity contribution in [3.8, 4) is 0 Å². The highest BCUT2D eigenvalue weighted by Gasteiger charge is 2.24. The van der Waals surface area contributed by atoms with Crippen molar-refractivity contribution in [3.63, 3.8) is 0 Å². The Morgan fingerprint density at radius 3 is 2.44 bits per heavy atom. The number of carbonyl (C=O) groups excluding carboxylic acids is 1. The molecule has 0 aliphatic heterocycles. The van der Waals surface area contributed by atoms with Gasteiger partial charge in [-0.1, -0.05) is 82.3 Å². The summed E-state index contributed by atoms with van der Waals surface area (Å²) in [5.41, 5.74) is 3.78. The maximum absolute atomic E-state index is 12.3. The van der Waals surface area contributed by atoms with Crippen LogP contribution in [0.15, 0.2) is 42.5 Å². The Bertz CT molecular complexity index is 798. The van der Waals surface area contributed by atoms with Gasteiger partial charge in [-0.15, -0.1) is 0 Å². The van der Waals surface area contributed by atoms with Crippen LogP contribution in [0.5, 0.6) is 0 Å². The molecule has 0 aromatic heterocycles. The molecule has 1 unspecified atom stereocenters. The van der Waals surface area contributed by atoms with Gasteiger partial charge in [-0.25, -0.2) is 0 Å². The lowest BCUT2D eigenvalue weighted by Gasteiger charge is -2.25. The highest BCUT2D eigenvalue weighted by atomic mass is 16.5. The number of unbranched alkanes of at least 4 members (excludes halogenated alkanes) is 5. The average molecular weight is 365 g/mol. The first kappa shape index (κ1) is 19.7. The number of carbonyl (C=O) groups is 1. The van der Waals surface area contributed by atoms with E-state index in [1.807, 2.05) is 0 Å². The Hall–Kier alpha value is -2.09. The van der Waals surface area contributed by atoms with Crippen molar-refractivity contribution in [2.45, 2.75) is 77.7 Å². The van der Waals surface area contributed by atoms with Gasteiger partial charge in [0, 0.05) is 12.0 Å². The fraction of sp³-hybridized carbons (Fsp3) is 0.480. The van der Waals surface area contributed by atoms with Gasteiger partial charge in [-0.3, -0.25) is 4.79 Å². The minimum Gasteiger partial charge on any atom is -0.453 e. The summed E-state index contributed by atoms with van der Waals surface area (Å²) in [5.74, 6) is -0.0863. The lowest BCUT2D eigenvalue weighted by atomic mass is 9.84. The molecule has 0 radical (unpaired) electrons. The van der Waals surface area contributed by atoms with Gasteiger partial charge < -0.3 is 4.74 Å². The molecule has 2 aromatic rings. The average Bonchev–Trinajstić information content (AvgIpc) is 2.69. The summed E-state index contributed by atoms with van der Waals surface area (Å²) in [6.07, 6.45) is 11.8. The van der Waals surface area contributed by atoms with Gasteiger partial charge in [0.25, 0.3) is 0 Å². The maximum Gasteiger partial charge on any atom is 0.306 e. The molecule has 0 heterocycles. The van der Waals surface area contributed by atoms with Crippen LogP contribution >= 0.6 is 0 Å².